The predicted molar refractivity (Wildman–Crippen MR) is 175 cm³/mol. The van der Waals surface area contributed by atoms with Crippen molar-refractivity contribution in [3.63, 3.8) is 0 Å². The Morgan fingerprint density at radius 1 is 0.708 bits per heavy atom. The highest BCUT2D eigenvalue weighted by Crippen LogP contribution is 2.30. The summed E-state index contributed by atoms with van der Waals surface area (Å²) in [6.45, 7) is 2.45. The van der Waals surface area contributed by atoms with Crippen LogP contribution < -0.4 is 4.74 Å². The fourth-order valence-electron chi connectivity index (χ4n) is 5.28. The van der Waals surface area contributed by atoms with Gasteiger partial charge in [0.25, 0.3) is 0 Å². The van der Waals surface area contributed by atoms with Crippen LogP contribution in [0.2, 0.25) is 0 Å². The van der Waals surface area contributed by atoms with Crippen LogP contribution >= 0.6 is 0 Å². The summed E-state index contributed by atoms with van der Waals surface area (Å²) in [4.78, 5) is 25.0. The third kappa shape index (κ3) is 12.7. The van der Waals surface area contributed by atoms with E-state index in [1.54, 1.807) is 12.1 Å². The number of esters is 2. The van der Waals surface area contributed by atoms with E-state index in [1.807, 2.05) is 12.1 Å². The van der Waals surface area contributed by atoms with Crippen LogP contribution in [-0.2, 0) is 15.9 Å². The molecule has 0 aliphatic heterocycles. The van der Waals surface area contributed by atoms with E-state index in [9.17, 15) is 31.5 Å². The molecule has 0 radical (unpaired) electrons. The van der Waals surface area contributed by atoms with E-state index in [2.05, 4.69) is 23.8 Å². The van der Waals surface area contributed by atoms with E-state index in [-0.39, 0.29) is 18.6 Å². The van der Waals surface area contributed by atoms with Gasteiger partial charge in [-0.05, 0) is 67.0 Å². The second kappa shape index (κ2) is 19.9. The monoisotopic (exact) mass is 676 g/mol. The van der Waals surface area contributed by atoms with Crippen molar-refractivity contribution in [3.8, 4) is 16.9 Å². The fourth-order valence-corrected chi connectivity index (χ4v) is 5.28. The van der Waals surface area contributed by atoms with Crippen molar-refractivity contribution in [1.82, 2.24) is 0 Å². The summed E-state index contributed by atoms with van der Waals surface area (Å²) in [5.41, 5.74) is 2.06. The number of hydrogen-bond acceptors (Lipinski definition) is 5. The zero-order valence-corrected chi connectivity index (χ0v) is 27.7. The van der Waals surface area contributed by atoms with Crippen LogP contribution in [0.1, 0.15) is 110 Å². The first-order valence-corrected chi connectivity index (χ1v) is 16.7. The Kier molecular flexibility index (Phi) is 16.0. The van der Waals surface area contributed by atoms with Gasteiger partial charge >= 0.3 is 18.1 Å². The molecule has 3 aromatic carbocycles. The van der Waals surface area contributed by atoms with Gasteiger partial charge in [-0.3, -0.25) is 0 Å². The lowest BCUT2D eigenvalue weighted by Crippen LogP contribution is -2.34. The molecular weight excluding hydrogens is 631 g/mol. The summed E-state index contributed by atoms with van der Waals surface area (Å²) in [7, 11) is 1.40. The average molecular weight is 677 g/mol. The molecule has 10 heteroatoms. The summed E-state index contributed by atoms with van der Waals surface area (Å²) in [5, 5.41) is 0. The lowest BCUT2D eigenvalue weighted by Gasteiger charge is -2.21. The quantitative estimate of drug-likeness (QED) is 0.0516. The zero-order valence-electron chi connectivity index (χ0n) is 27.7. The molecule has 0 amide bonds. The molecule has 0 heterocycles. The second-order valence-electron chi connectivity index (χ2n) is 11.9. The van der Waals surface area contributed by atoms with Crippen LogP contribution in [0.4, 0.5) is 22.0 Å². The Morgan fingerprint density at radius 3 is 1.88 bits per heavy atom. The molecule has 0 fully saturated rings. The summed E-state index contributed by atoms with van der Waals surface area (Å²) in [6, 6.07) is 15.4. The minimum atomic E-state index is -4.90. The number of ether oxygens (including phenoxy) is 3. The first-order chi connectivity index (χ1) is 23.0. The van der Waals surface area contributed by atoms with Gasteiger partial charge in [0.2, 0.25) is 0 Å². The molecule has 0 aliphatic rings. The van der Waals surface area contributed by atoms with Gasteiger partial charge in [0, 0.05) is 19.8 Å². The molecule has 3 rings (SSSR count). The molecule has 0 bridgehead atoms. The molecule has 0 spiro atoms. The topological polar surface area (TPSA) is 61.8 Å². The smallest absolute Gasteiger partial charge is 0.425 e. The minimum Gasteiger partial charge on any atom is -0.449 e. The molecule has 262 valence electrons. The number of carbonyl (C=O) groups is 2. The number of benzene rings is 3. The standard InChI is InChI=1S/C38H45F5O5/c1-3-4-5-6-7-8-9-10-11-14-27-16-18-28(19-17-27)29-20-22-30(23-21-29)36(44)47-34-26-32(39)31(25-33(34)40)37(45)48-35(38(41,42)43)15-12-13-24-46-2/h16-23,25-26,35H,3-15,24H2,1-2H3. The summed E-state index contributed by atoms with van der Waals surface area (Å²) in [6.07, 6.45) is 4.88. The molecular formula is C38H45F5O5. The Balaban J connectivity index is 1.53. The third-order valence-electron chi connectivity index (χ3n) is 8.10. The molecule has 0 aliphatic carbocycles. The van der Waals surface area contributed by atoms with E-state index in [0.717, 1.165) is 24.0 Å². The van der Waals surface area contributed by atoms with Crippen molar-refractivity contribution < 1.29 is 45.8 Å². The largest absolute Gasteiger partial charge is 0.449 e. The Labute approximate surface area is 279 Å². The van der Waals surface area contributed by atoms with Gasteiger partial charge in [0.05, 0.1) is 11.1 Å². The van der Waals surface area contributed by atoms with Crippen molar-refractivity contribution in [3.05, 3.63) is 89.0 Å². The first kappa shape index (κ1) is 38.7. The van der Waals surface area contributed by atoms with Crippen LogP contribution in [0.25, 0.3) is 11.1 Å². The van der Waals surface area contributed by atoms with Crippen molar-refractivity contribution in [1.29, 1.82) is 0 Å². The summed E-state index contributed by atoms with van der Waals surface area (Å²) >= 11 is 0. The maximum Gasteiger partial charge on any atom is 0.425 e. The maximum atomic E-state index is 14.7. The van der Waals surface area contributed by atoms with E-state index in [0.29, 0.717) is 18.6 Å². The molecule has 0 N–H and O–H groups in total. The van der Waals surface area contributed by atoms with Crippen molar-refractivity contribution in [2.75, 3.05) is 13.7 Å². The van der Waals surface area contributed by atoms with Crippen LogP contribution in [0.3, 0.4) is 0 Å². The van der Waals surface area contributed by atoms with Gasteiger partial charge in [0.15, 0.2) is 17.7 Å². The first-order valence-electron chi connectivity index (χ1n) is 16.7. The van der Waals surface area contributed by atoms with E-state index < -0.39 is 53.6 Å². The number of unbranched alkanes of at least 4 members (excludes halogenated alkanes) is 9. The number of halogens is 5. The van der Waals surface area contributed by atoms with Gasteiger partial charge in [-0.2, -0.15) is 13.2 Å². The number of hydrogen-bond donors (Lipinski definition) is 0. The average Bonchev–Trinajstić information content (AvgIpc) is 3.06. The van der Waals surface area contributed by atoms with Crippen molar-refractivity contribution >= 4 is 11.9 Å². The lowest BCUT2D eigenvalue weighted by atomic mass is 10.00. The number of methoxy groups -OCH3 is 1. The van der Waals surface area contributed by atoms with Crippen LogP contribution in [-0.4, -0.2) is 37.9 Å². The molecule has 3 aromatic rings. The third-order valence-corrected chi connectivity index (χ3v) is 8.10. The van der Waals surface area contributed by atoms with Gasteiger partial charge in [-0.1, -0.05) is 94.7 Å². The number of rotatable bonds is 20. The second-order valence-corrected chi connectivity index (χ2v) is 11.9. The van der Waals surface area contributed by atoms with Crippen molar-refractivity contribution in [2.45, 2.75) is 103 Å². The molecule has 1 unspecified atom stereocenters. The zero-order chi connectivity index (χ0) is 34.9. The normalized spacial score (nSPS) is 12.1. The highest BCUT2D eigenvalue weighted by atomic mass is 19.4. The molecule has 0 aromatic heterocycles. The van der Waals surface area contributed by atoms with Crippen LogP contribution in [0.5, 0.6) is 5.75 Å². The van der Waals surface area contributed by atoms with Gasteiger partial charge in [0.1, 0.15) is 5.82 Å². The molecule has 1 atom stereocenters. The van der Waals surface area contributed by atoms with E-state index in [4.69, 9.17) is 9.47 Å². The number of alkyl halides is 3. The minimum absolute atomic E-state index is 0.0315. The molecule has 0 saturated heterocycles. The molecule has 0 saturated carbocycles. The fraction of sp³-hybridized carbons (Fsp3) is 0.474. The van der Waals surface area contributed by atoms with Crippen LogP contribution in [0.15, 0.2) is 60.7 Å². The van der Waals surface area contributed by atoms with Gasteiger partial charge in [-0.15, -0.1) is 0 Å². The molecule has 5 nitrogen and oxygen atoms in total. The van der Waals surface area contributed by atoms with E-state index >= 15 is 0 Å². The lowest BCUT2D eigenvalue weighted by molar-refractivity contribution is -0.206. The predicted octanol–water partition coefficient (Wildman–Crippen LogP) is 10.8. The Bertz CT molecular complexity index is 1420. The van der Waals surface area contributed by atoms with E-state index in [1.165, 1.54) is 76.2 Å². The molecule has 48 heavy (non-hydrogen) atoms. The van der Waals surface area contributed by atoms with Crippen LogP contribution in [0, 0.1) is 11.6 Å². The summed E-state index contributed by atoms with van der Waals surface area (Å²) in [5.74, 6) is -6.22. The SMILES string of the molecule is CCCCCCCCCCCc1ccc(-c2ccc(C(=O)Oc3cc(F)c(C(=O)OC(CCCCOC)C(F)(F)F)cc3F)cc2)cc1. The maximum absolute atomic E-state index is 14.7. The Hall–Kier alpha value is -3.79. The number of carbonyl (C=O) groups excluding carboxylic acids is 2. The van der Waals surface area contributed by atoms with Gasteiger partial charge < -0.3 is 14.2 Å². The highest BCUT2D eigenvalue weighted by Gasteiger charge is 2.42. The number of aryl methyl sites for hydroxylation is 1. The van der Waals surface area contributed by atoms with Gasteiger partial charge in [-0.25, -0.2) is 18.4 Å². The van der Waals surface area contributed by atoms with Crippen molar-refractivity contribution in [2.24, 2.45) is 0 Å². The summed E-state index contributed by atoms with van der Waals surface area (Å²) < 4.78 is 83.8. The highest BCUT2D eigenvalue weighted by molar-refractivity contribution is 5.92. The Morgan fingerprint density at radius 2 is 1.29 bits per heavy atom.